The second kappa shape index (κ2) is 8.97. The summed E-state index contributed by atoms with van der Waals surface area (Å²) in [7, 11) is -1.99. The Kier molecular flexibility index (Phi) is 6.59. The minimum Gasteiger partial charge on any atom is -0.496 e. The third kappa shape index (κ3) is 4.79. The number of rotatable bonds is 6. The van der Waals surface area contributed by atoms with Gasteiger partial charge in [-0.1, -0.05) is 30.2 Å². The van der Waals surface area contributed by atoms with Gasteiger partial charge in [-0.25, -0.2) is 8.42 Å². The van der Waals surface area contributed by atoms with Crippen molar-refractivity contribution in [3.05, 3.63) is 59.2 Å². The molecule has 0 aromatic heterocycles. The maximum Gasteiger partial charge on any atom is 0.251 e. The van der Waals surface area contributed by atoms with E-state index in [9.17, 15) is 13.2 Å². The van der Waals surface area contributed by atoms with Gasteiger partial charge >= 0.3 is 0 Å². The molecule has 2 aromatic carbocycles. The highest BCUT2D eigenvalue weighted by atomic mass is 32.2. The van der Waals surface area contributed by atoms with E-state index in [0.717, 1.165) is 30.4 Å². The fourth-order valence-corrected chi connectivity index (χ4v) is 5.17. The van der Waals surface area contributed by atoms with Gasteiger partial charge in [-0.3, -0.25) is 4.79 Å². The molecule has 2 aromatic rings. The minimum absolute atomic E-state index is 0.160. The van der Waals surface area contributed by atoms with Crippen molar-refractivity contribution in [1.82, 2.24) is 9.62 Å². The van der Waals surface area contributed by atoms with Crippen LogP contribution in [-0.4, -0.2) is 38.8 Å². The Morgan fingerprint density at radius 3 is 2.52 bits per heavy atom. The molecular weight excluding hydrogens is 388 g/mol. The Hall–Kier alpha value is -2.38. The Labute approximate surface area is 172 Å². The lowest BCUT2D eigenvalue weighted by Crippen LogP contribution is -2.35. The smallest absolute Gasteiger partial charge is 0.251 e. The van der Waals surface area contributed by atoms with Gasteiger partial charge in [-0.2, -0.15) is 4.31 Å². The van der Waals surface area contributed by atoms with E-state index in [2.05, 4.69) is 5.32 Å². The molecule has 7 heteroatoms. The molecule has 1 amide bonds. The van der Waals surface area contributed by atoms with Crippen molar-refractivity contribution in [3.63, 3.8) is 0 Å². The molecule has 0 bridgehead atoms. The van der Waals surface area contributed by atoms with Gasteiger partial charge in [0.05, 0.1) is 18.0 Å². The molecule has 1 aliphatic rings. The van der Waals surface area contributed by atoms with Crippen LogP contribution in [0.25, 0.3) is 0 Å². The third-order valence-electron chi connectivity index (χ3n) is 5.25. The molecule has 1 N–H and O–H groups in total. The molecule has 29 heavy (non-hydrogen) atoms. The van der Waals surface area contributed by atoms with Crippen LogP contribution in [0.5, 0.6) is 5.75 Å². The van der Waals surface area contributed by atoms with Crippen LogP contribution in [0.15, 0.2) is 47.4 Å². The number of hydrogen-bond acceptors (Lipinski definition) is 4. The second-order valence-electron chi connectivity index (χ2n) is 7.43. The average molecular weight is 417 g/mol. The number of piperidine rings is 1. The van der Waals surface area contributed by atoms with E-state index in [4.69, 9.17) is 4.74 Å². The summed E-state index contributed by atoms with van der Waals surface area (Å²) in [5.41, 5.74) is 2.26. The first-order valence-corrected chi connectivity index (χ1v) is 11.3. The third-order valence-corrected chi connectivity index (χ3v) is 7.14. The number of nitrogens with one attached hydrogen (secondary N) is 1. The molecule has 156 valence electrons. The number of carbonyl (C=O) groups excluding carboxylic acids is 1. The standard InChI is InChI=1S/C22H28N2O4S/c1-16-10-11-21(28-3)20(14-16)17(2)23-22(25)18-8-7-9-19(15-18)29(26,27)24-12-5-4-6-13-24/h7-11,14-15,17H,4-6,12-13H2,1-3H3,(H,23,25)/t17-/m1/s1. The first-order valence-electron chi connectivity index (χ1n) is 9.88. The molecule has 1 aliphatic heterocycles. The predicted molar refractivity (Wildman–Crippen MR) is 113 cm³/mol. The zero-order valence-corrected chi connectivity index (χ0v) is 18.0. The van der Waals surface area contributed by atoms with Gasteiger partial charge in [0.1, 0.15) is 5.75 Å². The number of nitrogens with zero attached hydrogens (tertiary/aromatic N) is 1. The number of ether oxygens (including phenoxy) is 1. The lowest BCUT2D eigenvalue weighted by atomic mass is 10.0. The Morgan fingerprint density at radius 2 is 1.83 bits per heavy atom. The number of methoxy groups -OCH3 is 1. The van der Waals surface area contributed by atoms with Crippen molar-refractivity contribution in [2.75, 3.05) is 20.2 Å². The Morgan fingerprint density at radius 1 is 1.10 bits per heavy atom. The van der Waals surface area contributed by atoms with Gasteiger partial charge in [0.2, 0.25) is 10.0 Å². The molecule has 1 heterocycles. The molecule has 0 aliphatic carbocycles. The molecule has 0 radical (unpaired) electrons. The quantitative estimate of drug-likeness (QED) is 0.780. The van der Waals surface area contributed by atoms with E-state index >= 15 is 0 Å². The summed E-state index contributed by atoms with van der Waals surface area (Å²) in [4.78, 5) is 13.0. The van der Waals surface area contributed by atoms with Crippen LogP contribution >= 0.6 is 0 Å². The van der Waals surface area contributed by atoms with E-state index < -0.39 is 10.0 Å². The molecule has 1 fully saturated rings. The van der Waals surface area contributed by atoms with Crippen LogP contribution in [0.2, 0.25) is 0 Å². The average Bonchev–Trinajstić information content (AvgIpc) is 2.74. The monoisotopic (exact) mass is 416 g/mol. The topological polar surface area (TPSA) is 75.7 Å². The lowest BCUT2D eigenvalue weighted by molar-refractivity contribution is 0.0939. The molecule has 0 saturated carbocycles. The zero-order chi connectivity index (χ0) is 21.0. The lowest BCUT2D eigenvalue weighted by Gasteiger charge is -2.26. The minimum atomic E-state index is -3.58. The fourth-order valence-electron chi connectivity index (χ4n) is 3.60. The number of aryl methyl sites for hydroxylation is 1. The summed E-state index contributed by atoms with van der Waals surface area (Å²) in [6.07, 6.45) is 2.79. The molecule has 0 spiro atoms. The molecule has 6 nitrogen and oxygen atoms in total. The van der Waals surface area contributed by atoms with Crippen molar-refractivity contribution in [3.8, 4) is 5.75 Å². The van der Waals surface area contributed by atoms with Crippen molar-refractivity contribution in [2.24, 2.45) is 0 Å². The number of hydrogen-bond donors (Lipinski definition) is 1. The molecule has 0 unspecified atom stereocenters. The highest BCUT2D eigenvalue weighted by molar-refractivity contribution is 7.89. The summed E-state index contributed by atoms with van der Waals surface area (Å²) in [5.74, 6) is 0.376. The van der Waals surface area contributed by atoms with E-state index in [1.807, 2.05) is 32.0 Å². The maximum atomic E-state index is 12.9. The number of amides is 1. The van der Waals surface area contributed by atoms with Crippen molar-refractivity contribution >= 4 is 15.9 Å². The second-order valence-corrected chi connectivity index (χ2v) is 9.37. The van der Waals surface area contributed by atoms with Gasteiger partial charge < -0.3 is 10.1 Å². The van der Waals surface area contributed by atoms with E-state index in [1.54, 1.807) is 25.3 Å². The summed E-state index contributed by atoms with van der Waals surface area (Å²) in [6, 6.07) is 11.8. The maximum absolute atomic E-state index is 12.9. The molecule has 1 saturated heterocycles. The SMILES string of the molecule is COc1ccc(C)cc1[C@@H](C)NC(=O)c1cccc(S(=O)(=O)N2CCCCC2)c1. The highest BCUT2D eigenvalue weighted by Gasteiger charge is 2.26. The van der Waals surface area contributed by atoms with Crippen LogP contribution < -0.4 is 10.1 Å². The predicted octanol–water partition coefficient (Wildman–Crippen LogP) is 3.67. The van der Waals surface area contributed by atoms with E-state index in [0.29, 0.717) is 24.4 Å². The van der Waals surface area contributed by atoms with Crippen LogP contribution in [0.4, 0.5) is 0 Å². The number of sulfonamides is 1. The molecule has 1 atom stereocenters. The van der Waals surface area contributed by atoms with E-state index in [1.165, 1.54) is 10.4 Å². The van der Waals surface area contributed by atoms with Gasteiger partial charge in [0, 0.05) is 24.2 Å². The van der Waals surface area contributed by atoms with Crippen molar-refractivity contribution in [1.29, 1.82) is 0 Å². The van der Waals surface area contributed by atoms with Crippen LogP contribution in [0.1, 0.15) is 53.7 Å². The van der Waals surface area contributed by atoms with Gasteiger partial charge in [0.15, 0.2) is 0 Å². The van der Waals surface area contributed by atoms with Gasteiger partial charge in [-0.05, 0) is 51.0 Å². The van der Waals surface area contributed by atoms with Crippen LogP contribution in [-0.2, 0) is 10.0 Å². The zero-order valence-electron chi connectivity index (χ0n) is 17.1. The summed E-state index contributed by atoms with van der Waals surface area (Å²) < 4.78 is 32.7. The normalized spacial score (nSPS) is 16.2. The Balaban J connectivity index is 1.80. The Bertz CT molecular complexity index is 982. The number of benzene rings is 2. The summed E-state index contributed by atoms with van der Waals surface area (Å²) in [6.45, 7) is 4.92. The summed E-state index contributed by atoms with van der Waals surface area (Å²) >= 11 is 0. The molecular formula is C22H28N2O4S. The van der Waals surface area contributed by atoms with Crippen LogP contribution in [0, 0.1) is 6.92 Å². The van der Waals surface area contributed by atoms with Crippen molar-refractivity contribution in [2.45, 2.75) is 44.0 Å². The fraction of sp³-hybridized carbons (Fsp3) is 0.409. The van der Waals surface area contributed by atoms with Gasteiger partial charge in [0.25, 0.3) is 5.91 Å². The highest BCUT2D eigenvalue weighted by Crippen LogP contribution is 2.27. The van der Waals surface area contributed by atoms with Crippen molar-refractivity contribution < 1.29 is 17.9 Å². The van der Waals surface area contributed by atoms with Crippen LogP contribution in [0.3, 0.4) is 0 Å². The number of carbonyl (C=O) groups is 1. The van der Waals surface area contributed by atoms with E-state index in [-0.39, 0.29) is 16.8 Å². The molecule has 3 rings (SSSR count). The van der Waals surface area contributed by atoms with Gasteiger partial charge in [-0.15, -0.1) is 0 Å². The largest absolute Gasteiger partial charge is 0.496 e. The first kappa shape index (κ1) is 21.3. The summed E-state index contributed by atoms with van der Waals surface area (Å²) in [5, 5.41) is 2.95. The first-order chi connectivity index (χ1) is 13.8.